The van der Waals surface area contributed by atoms with E-state index in [1.807, 2.05) is 30.5 Å². The highest BCUT2D eigenvalue weighted by Gasteiger charge is 2.09. The molecule has 1 heterocycles. The summed E-state index contributed by atoms with van der Waals surface area (Å²) in [6.45, 7) is 5.26. The largest absolute Gasteiger partial charge is 0.493 e. The molecule has 0 amide bonds. The molecule has 1 aromatic heterocycles. The number of rotatable bonds is 8. The number of thiazole rings is 1. The molecular formula is C16H22N2O2S. The van der Waals surface area contributed by atoms with Gasteiger partial charge in [0, 0.05) is 23.7 Å². The minimum Gasteiger partial charge on any atom is -0.493 e. The van der Waals surface area contributed by atoms with Crippen molar-refractivity contribution in [2.24, 2.45) is 5.73 Å². The third-order valence-corrected chi connectivity index (χ3v) is 3.64. The Labute approximate surface area is 129 Å². The lowest BCUT2D eigenvalue weighted by Crippen LogP contribution is -2.18. The summed E-state index contributed by atoms with van der Waals surface area (Å²) in [5, 5.41) is 2.91. The van der Waals surface area contributed by atoms with E-state index in [0.717, 1.165) is 34.9 Å². The Morgan fingerprint density at radius 2 is 2.19 bits per heavy atom. The summed E-state index contributed by atoms with van der Waals surface area (Å²) in [5.41, 5.74) is 7.01. The second kappa shape index (κ2) is 8.00. The van der Waals surface area contributed by atoms with E-state index in [0.29, 0.717) is 13.2 Å². The number of hydrogen-bond donors (Lipinski definition) is 1. The van der Waals surface area contributed by atoms with Crippen LogP contribution in [0.2, 0.25) is 0 Å². The van der Waals surface area contributed by atoms with Gasteiger partial charge >= 0.3 is 0 Å². The third-order valence-electron chi connectivity index (χ3n) is 2.89. The molecule has 0 aliphatic rings. The first-order chi connectivity index (χ1) is 10.2. The summed E-state index contributed by atoms with van der Waals surface area (Å²) in [4.78, 5) is 4.23. The van der Waals surface area contributed by atoms with Crippen molar-refractivity contribution in [3.8, 4) is 11.5 Å². The van der Waals surface area contributed by atoms with Gasteiger partial charge in [0.15, 0.2) is 0 Å². The van der Waals surface area contributed by atoms with Gasteiger partial charge in [-0.1, -0.05) is 13.0 Å². The second-order valence-electron chi connectivity index (χ2n) is 5.01. The van der Waals surface area contributed by atoms with Crippen LogP contribution >= 0.6 is 11.3 Å². The van der Waals surface area contributed by atoms with Crippen LogP contribution in [0, 0.1) is 0 Å². The van der Waals surface area contributed by atoms with E-state index in [4.69, 9.17) is 15.2 Å². The molecule has 5 heteroatoms. The zero-order valence-electron chi connectivity index (χ0n) is 12.5. The van der Waals surface area contributed by atoms with Crippen molar-refractivity contribution in [2.45, 2.75) is 39.3 Å². The monoisotopic (exact) mass is 306 g/mol. The maximum absolute atomic E-state index is 5.92. The average Bonchev–Trinajstić information content (AvgIpc) is 2.97. The number of ether oxygens (including phenoxy) is 2. The number of hydrogen-bond acceptors (Lipinski definition) is 5. The minimum absolute atomic E-state index is 0.0922. The molecule has 0 radical (unpaired) electrons. The average molecular weight is 306 g/mol. The van der Waals surface area contributed by atoms with Crippen LogP contribution in [0.15, 0.2) is 29.8 Å². The molecule has 0 fully saturated rings. The van der Waals surface area contributed by atoms with E-state index >= 15 is 0 Å². The molecule has 1 atom stereocenters. The zero-order valence-corrected chi connectivity index (χ0v) is 13.4. The summed E-state index contributed by atoms with van der Waals surface area (Å²) in [5.74, 6) is 1.66. The Hall–Kier alpha value is -1.59. The molecule has 4 nitrogen and oxygen atoms in total. The number of nitrogens with zero attached hydrogens (tertiary/aromatic N) is 1. The maximum Gasteiger partial charge on any atom is 0.140 e. The number of benzene rings is 1. The fourth-order valence-electron chi connectivity index (χ4n) is 1.96. The number of nitrogens with two attached hydrogens (primary N) is 1. The predicted molar refractivity (Wildman–Crippen MR) is 86.0 cm³/mol. The van der Waals surface area contributed by atoms with Gasteiger partial charge in [0.2, 0.25) is 0 Å². The first kappa shape index (κ1) is 15.8. The topological polar surface area (TPSA) is 57.4 Å². The highest BCUT2D eigenvalue weighted by molar-refractivity contribution is 7.09. The summed E-state index contributed by atoms with van der Waals surface area (Å²) < 4.78 is 11.6. The standard InChI is InChI=1S/C16H22N2O2S/c1-3-7-19-14-5-4-13(9-12(2)17)15(10-14)20-11-16-18-6-8-21-16/h4-6,8,10,12H,3,7,9,11,17H2,1-2H3. The van der Waals surface area contributed by atoms with Crippen LogP contribution in [-0.2, 0) is 13.0 Å². The molecule has 2 N–H and O–H groups in total. The van der Waals surface area contributed by atoms with Crippen LogP contribution < -0.4 is 15.2 Å². The summed E-state index contributed by atoms with van der Waals surface area (Å²) in [6, 6.07) is 6.05. The summed E-state index contributed by atoms with van der Waals surface area (Å²) in [7, 11) is 0. The lowest BCUT2D eigenvalue weighted by molar-refractivity contribution is 0.291. The quantitative estimate of drug-likeness (QED) is 0.812. The van der Waals surface area contributed by atoms with Crippen LogP contribution in [0.3, 0.4) is 0 Å². The van der Waals surface area contributed by atoms with Crippen LogP contribution in [0.5, 0.6) is 11.5 Å². The van der Waals surface area contributed by atoms with Gasteiger partial charge < -0.3 is 15.2 Å². The van der Waals surface area contributed by atoms with Crippen molar-refractivity contribution in [1.82, 2.24) is 4.98 Å². The molecule has 0 aliphatic carbocycles. The molecule has 0 saturated carbocycles. The van der Waals surface area contributed by atoms with Crippen LogP contribution in [0.4, 0.5) is 0 Å². The van der Waals surface area contributed by atoms with Gasteiger partial charge in [-0.15, -0.1) is 11.3 Å². The van der Waals surface area contributed by atoms with Gasteiger partial charge in [0.1, 0.15) is 23.1 Å². The maximum atomic E-state index is 5.92. The summed E-state index contributed by atoms with van der Waals surface area (Å²) in [6.07, 6.45) is 3.55. The van der Waals surface area contributed by atoms with Gasteiger partial charge in [-0.25, -0.2) is 4.98 Å². The smallest absolute Gasteiger partial charge is 0.140 e. The predicted octanol–water partition coefficient (Wildman–Crippen LogP) is 3.40. The Bertz CT molecular complexity index is 541. The summed E-state index contributed by atoms with van der Waals surface area (Å²) >= 11 is 1.59. The normalized spacial score (nSPS) is 12.1. The molecule has 2 rings (SSSR count). The molecule has 114 valence electrons. The van der Waals surface area contributed by atoms with Gasteiger partial charge in [-0.3, -0.25) is 0 Å². The fourth-order valence-corrected chi connectivity index (χ4v) is 2.49. The Morgan fingerprint density at radius 1 is 1.33 bits per heavy atom. The van der Waals surface area contributed by atoms with E-state index in [2.05, 4.69) is 11.9 Å². The third kappa shape index (κ3) is 5.02. The highest BCUT2D eigenvalue weighted by Crippen LogP contribution is 2.27. The Balaban J connectivity index is 2.11. The number of aromatic nitrogens is 1. The van der Waals surface area contributed by atoms with E-state index in [-0.39, 0.29) is 6.04 Å². The first-order valence-electron chi connectivity index (χ1n) is 7.21. The van der Waals surface area contributed by atoms with Crippen LogP contribution in [0.25, 0.3) is 0 Å². The molecule has 1 aromatic carbocycles. The molecule has 0 spiro atoms. The SMILES string of the molecule is CCCOc1ccc(CC(C)N)c(OCc2nccs2)c1. The van der Waals surface area contributed by atoms with Crippen molar-refractivity contribution < 1.29 is 9.47 Å². The zero-order chi connectivity index (χ0) is 15.1. The van der Waals surface area contributed by atoms with Gasteiger partial charge in [-0.05, 0) is 31.4 Å². The fraction of sp³-hybridized carbons (Fsp3) is 0.438. The van der Waals surface area contributed by atoms with Gasteiger partial charge in [0.25, 0.3) is 0 Å². The van der Waals surface area contributed by atoms with Crippen molar-refractivity contribution in [1.29, 1.82) is 0 Å². The van der Waals surface area contributed by atoms with Crippen molar-refractivity contribution in [3.05, 3.63) is 40.3 Å². The van der Waals surface area contributed by atoms with Gasteiger partial charge in [-0.2, -0.15) is 0 Å². The molecule has 0 saturated heterocycles. The van der Waals surface area contributed by atoms with Crippen molar-refractivity contribution in [3.63, 3.8) is 0 Å². The van der Waals surface area contributed by atoms with E-state index in [1.165, 1.54) is 0 Å². The Morgan fingerprint density at radius 3 is 2.86 bits per heavy atom. The van der Waals surface area contributed by atoms with Crippen molar-refractivity contribution >= 4 is 11.3 Å². The molecule has 1 unspecified atom stereocenters. The van der Waals surface area contributed by atoms with Crippen LogP contribution in [-0.4, -0.2) is 17.6 Å². The molecule has 0 bridgehead atoms. The molecule has 2 aromatic rings. The first-order valence-corrected chi connectivity index (χ1v) is 8.09. The van der Waals surface area contributed by atoms with Crippen LogP contribution in [0.1, 0.15) is 30.8 Å². The van der Waals surface area contributed by atoms with E-state index in [9.17, 15) is 0 Å². The lowest BCUT2D eigenvalue weighted by atomic mass is 10.1. The van der Waals surface area contributed by atoms with E-state index in [1.54, 1.807) is 17.5 Å². The minimum atomic E-state index is 0.0922. The van der Waals surface area contributed by atoms with Gasteiger partial charge in [0.05, 0.1) is 6.61 Å². The van der Waals surface area contributed by atoms with Crippen molar-refractivity contribution in [2.75, 3.05) is 6.61 Å². The molecular weight excluding hydrogens is 284 g/mol. The second-order valence-corrected chi connectivity index (χ2v) is 5.99. The Kier molecular flexibility index (Phi) is 6.02. The highest BCUT2D eigenvalue weighted by atomic mass is 32.1. The molecule has 21 heavy (non-hydrogen) atoms. The van der Waals surface area contributed by atoms with E-state index < -0.39 is 0 Å². The lowest BCUT2D eigenvalue weighted by Gasteiger charge is -2.14. The molecule has 0 aliphatic heterocycles.